The maximum Gasteiger partial charge on any atom is 0.183 e. The van der Waals surface area contributed by atoms with Gasteiger partial charge in [-0.1, -0.05) is 17.3 Å². The van der Waals surface area contributed by atoms with E-state index in [4.69, 9.17) is 4.52 Å². The predicted octanol–water partition coefficient (Wildman–Crippen LogP) is 3.00. The summed E-state index contributed by atoms with van der Waals surface area (Å²) in [4.78, 5) is 4.38. The van der Waals surface area contributed by atoms with Crippen molar-refractivity contribution in [2.24, 2.45) is 0 Å². The van der Waals surface area contributed by atoms with Gasteiger partial charge in [0.25, 0.3) is 0 Å². The van der Waals surface area contributed by atoms with Crippen molar-refractivity contribution in [2.75, 3.05) is 5.32 Å². The molecule has 0 radical (unpaired) electrons. The third kappa shape index (κ3) is 2.65. The number of nitrogens with zero attached hydrogens (tertiary/aromatic N) is 3. The number of hydrogen-bond acceptors (Lipinski definition) is 5. The van der Waals surface area contributed by atoms with Crippen LogP contribution in [0.1, 0.15) is 22.8 Å². The Morgan fingerprint density at radius 2 is 2.00 bits per heavy atom. The molecule has 0 spiro atoms. The van der Waals surface area contributed by atoms with Gasteiger partial charge in [-0.2, -0.15) is 5.10 Å². The van der Waals surface area contributed by atoms with Gasteiger partial charge in [-0.3, -0.25) is 5.10 Å². The lowest BCUT2D eigenvalue weighted by atomic mass is 10.1. The van der Waals surface area contributed by atoms with Gasteiger partial charge < -0.3 is 9.84 Å². The molecule has 0 aliphatic rings. The number of para-hydroxylation sites is 1. The van der Waals surface area contributed by atoms with Crippen LogP contribution in [0.25, 0.3) is 11.4 Å². The zero-order chi connectivity index (χ0) is 14.8. The van der Waals surface area contributed by atoms with Gasteiger partial charge in [0.1, 0.15) is 11.6 Å². The van der Waals surface area contributed by atoms with Crippen molar-refractivity contribution >= 4 is 5.69 Å². The van der Waals surface area contributed by atoms with E-state index in [2.05, 4.69) is 25.7 Å². The van der Waals surface area contributed by atoms with E-state index in [1.165, 1.54) is 0 Å². The highest BCUT2D eigenvalue weighted by Crippen LogP contribution is 2.26. The summed E-state index contributed by atoms with van der Waals surface area (Å²) in [6, 6.07) is 7.97. The summed E-state index contributed by atoms with van der Waals surface area (Å²) in [7, 11) is 0. The molecule has 3 aromatic rings. The fourth-order valence-electron chi connectivity index (χ4n) is 2.23. The highest BCUT2D eigenvalue weighted by molar-refractivity contribution is 5.73. The van der Waals surface area contributed by atoms with Crippen LogP contribution in [0.5, 0.6) is 0 Å². The lowest BCUT2D eigenvalue weighted by Gasteiger charge is -2.09. The molecule has 0 bridgehead atoms. The van der Waals surface area contributed by atoms with Gasteiger partial charge in [0, 0.05) is 23.4 Å². The molecule has 2 heterocycles. The quantitative estimate of drug-likeness (QED) is 0.769. The molecule has 0 saturated heterocycles. The number of H-pyrrole nitrogens is 1. The number of hydrogen-bond donors (Lipinski definition) is 2. The maximum atomic E-state index is 5.18. The van der Waals surface area contributed by atoms with Gasteiger partial charge in [-0.15, -0.1) is 0 Å². The topological polar surface area (TPSA) is 79.6 Å². The zero-order valence-electron chi connectivity index (χ0n) is 12.3. The Kier molecular flexibility index (Phi) is 3.43. The Morgan fingerprint density at radius 3 is 2.67 bits per heavy atom. The Hall–Kier alpha value is -2.63. The van der Waals surface area contributed by atoms with Gasteiger partial charge in [0.2, 0.25) is 0 Å². The summed E-state index contributed by atoms with van der Waals surface area (Å²) in [5, 5.41) is 14.5. The van der Waals surface area contributed by atoms with Crippen molar-refractivity contribution in [1.29, 1.82) is 0 Å². The lowest BCUT2D eigenvalue weighted by Crippen LogP contribution is -2.03. The summed E-state index contributed by atoms with van der Waals surface area (Å²) in [6.07, 6.45) is 0. The predicted molar refractivity (Wildman–Crippen MR) is 79.9 cm³/mol. The number of aromatic amines is 1. The van der Waals surface area contributed by atoms with Gasteiger partial charge >= 0.3 is 0 Å². The molecule has 0 aliphatic carbocycles. The van der Waals surface area contributed by atoms with E-state index in [1.54, 1.807) is 0 Å². The number of rotatable bonds is 4. The Balaban J connectivity index is 1.86. The van der Waals surface area contributed by atoms with Crippen LogP contribution < -0.4 is 5.32 Å². The van der Waals surface area contributed by atoms with E-state index in [0.717, 1.165) is 34.1 Å². The van der Waals surface area contributed by atoms with Crippen molar-refractivity contribution < 1.29 is 4.52 Å². The lowest BCUT2D eigenvalue weighted by molar-refractivity contribution is 0.392. The third-order valence-electron chi connectivity index (χ3n) is 3.40. The first-order chi connectivity index (χ1) is 10.1. The third-order valence-corrected chi connectivity index (χ3v) is 3.40. The van der Waals surface area contributed by atoms with E-state index in [-0.39, 0.29) is 0 Å². The highest BCUT2D eigenvalue weighted by atomic mass is 16.5. The first-order valence-electron chi connectivity index (χ1n) is 6.79. The Bertz CT molecular complexity index is 740. The van der Waals surface area contributed by atoms with Crippen LogP contribution in [-0.2, 0) is 6.54 Å². The molecule has 6 heteroatoms. The normalized spacial score (nSPS) is 10.8. The monoisotopic (exact) mass is 283 g/mol. The standard InChI is InChI=1S/C15H17N5O/c1-9-13(10(2)21-20-9)8-16-14-7-5-4-6-12(14)15-17-11(3)18-19-15/h4-7,16H,8H2,1-3H3,(H,17,18,19). The molecule has 0 unspecified atom stereocenters. The molecule has 0 atom stereocenters. The van der Waals surface area contributed by atoms with Crippen LogP contribution in [-0.4, -0.2) is 20.3 Å². The van der Waals surface area contributed by atoms with Crippen LogP contribution in [0.15, 0.2) is 28.8 Å². The van der Waals surface area contributed by atoms with Gasteiger partial charge in [-0.05, 0) is 32.9 Å². The Labute approximate surface area is 122 Å². The van der Waals surface area contributed by atoms with Crippen molar-refractivity contribution in [2.45, 2.75) is 27.3 Å². The van der Waals surface area contributed by atoms with E-state index in [1.807, 2.05) is 45.0 Å². The molecule has 3 rings (SSSR count). The number of benzene rings is 1. The highest BCUT2D eigenvalue weighted by Gasteiger charge is 2.12. The second-order valence-corrected chi connectivity index (χ2v) is 4.95. The fraction of sp³-hybridized carbons (Fsp3) is 0.267. The molecule has 2 aromatic heterocycles. The average Bonchev–Trinajstić information content (AvgIpc) is 3.04. The average molecular weight is 283 g/mol. The minimum Gasteiger partial charge on any atom is -0.380 e. The first kappa shape index (κ1) is 13.4. The molecule has 0 saturated carbocycles. The fourth-order valence-corrected chi connectivity index (χ4v) is 2.23. The SMILES string of the molecule is Cc1nc(-c2ccccc2NCc2c(C)noc2C)n[nH]1. The largest absolute Gasteiger partial charge is 0.380 e. The number of nitrogens with one attached hydrogen (secondary N) is 2. The maximum absolute atomic E-state index is 5.18. The minimum absolute atomic E-state index is 0.654. The molecular formula is C15H17N5O. The van der Waals surface area contributed by atoms with Crippen LogP contribution in [0.4, 0.5) is 5.69 Å². The second-order valence-electron chi connectivity index (χ2n) is 4.95. The number of anilines is 1. The zero-order valence-corrected chi connectivity index (χ0v) is 12.3. The molecule has 1 aromatic carbocycles. The second kappa shape index (κ2) is 5.40. The van der Waals surface area contributed by atoms with Crippen LogP contribution in [0.2, 0.25) is 0 Å². The van der Waals surface area contributed by atoms with Crippen molar-refractivity contribution in [3.63, 3.8) is 0 Å². The Morgan fingerprint density at radius 1 is 1.19 bits per heavy atom. The van der Waals surface area contributed by atoms with Crippen LogP contribution >= 0.6 is 0 Å². The molecule has 6 nitrogen and oxygen atoms in total. The van der Waals surface area contributed by atoms with E-state index in [9.17, 15) is 0 Å². The summed E-state index contributed by atoms with van der Waals surface area (Å²) < 4.78 is 5.18. The van der Waals surface area contributed by atoms with Crippen molar-refractivity contribution in [3.8, 4) is 11.4 Å². The smallest absolute Gasteiger partial charge is 0.183 e. The van der Waals surface area contributed by atoms with E-state index >= 15 is 0 Å². The van der Waals surface area contributed by atoms with E-state index < -0.39 is 0 Å². The summed E-state index contributed by atoms with van der Waals surface area (Å²) >= 11 is 0. The first-order valence-corrected chi connectivity index (χ1v) is 6.79. The molecule has 2 N–H and O–H groups in total. The van der Waals surface area contributed by atoms with Crippen molar-refractivity contribution in [3.05, 3.63) is 47.1 Å². The van der Waals surface area contributed by atoms with Crippen LogP contribution in [0, 0.1) is 20.8 Å². The van der Waals surface area contributed by atoms with Crippen molar-refractivity contribution in [1.82, 2.24) is 20.3 Å². The molecule has 21 heavy (non-hydrogen) atoms. The summed E-state index contributed by atoms with van der Waals surface area (Å²) in [5.74, 6) is 2.33. The number of aromatic nitrogens is 4. The van der Waals surface area contributed by atoms with Gasteiger partial charge in [0.05, 0.1) is 5.69 Å². The summed E-state index contributed by atoms with van der Waals surface area (Å²) in [5.41, 5.74) is 3.94. The minimum atomic E-state index is 0.654. The molecule has 0 amide bonds. The van der Waals surface area contributed by atoms with Gasteiger partial charge in [-0.25, -0.2) is 4.98 Å². The summed E-state index contributed by atoms with van der Waals surface area (Å²) in [6.45, 7) is 6.40. The molecular weight excluding hydrogens is 266 g/mol. The number of aryl methyl sites for hydroxylation is 3. The molecule has 0 aliphatic heterocycles. The van der Waals surface area contributed by atoms with E-state index in [0.29, 0.717) is 12.4 Å². The molecule has 108 valence electrons. The van der Waals surface area contributed by atoms with Gasteiger partial charge in [0.15, 0.2) is 5.82 Å². The van der Waals surface area contributed by atoms with Crippen LogP contribution in [0.3, 0.4) is 0 Å². The molecule has 0 fully saturated rings.